The van der Waals surface area contributed by atoms with Gasteiger partial charge in [-0.25, -0.2) is 0 Å². The molecule has 0 saturated heterocycles. The molecular formula is C56H69NO2. The highest BCUT2D eigenvalue weighted by Crippen LogP contribution is 2.33. The zero-order valence-electron chi connectivity index (χ0n) is 37.2. The van der Waals surface area contributed by atoms with Crippen molar-refractivity contribution < 1.29 is 9.47 Å². The van der Waals surface area contributed by atoms with Crippen molar-refractivity contribution in [2.24, 2.45) is 0 Å². The second-order valence-corrected chi connectivity index (χ2v) is 15.9. The van der Waals surface area contributed by atoms with Crippen molar-refractivity contribution in [1.29, 1.82) is 0 Å². The van der Waals surface area contributed by atoms with E-state index in [9.17, 15) is 0 Å². The Bertz CT molecular complexity index is 2160. The zero-order chi connectivity index (χ0) is 41.8. The number of unbranched alkanes of at least 4 members (excludes halogenated alkanes) is 2. The van der Waals surface area contributed by atoms with Crippen LogP contribution in [0.1, 0.15) is 100 Å². The molecule has 0 saturated carbocycles. The predicted molar refractivity (Wildman–Crippen MR) is 256 cm³/mol. The molecule has 0 spiro atoms. The molecule has 0 aliphatic heterocycles. The molecule has 3 nitrogen and oxygen atoms in total. The molecule has 0 radical (unpaired) electrons. The fourth-order valence-electron chi connectivity index (χ4n) is 7.43. The maximum absolute atomic E-state index is 5.73. The summed E-state index contributed by atoms with van der Waals surface area (Å²) in [5.41, 5.74) is 15.7. The third kappa shape index (κ3) is 13.0. The molecule has 59 heavy (non-hydrogen) atoms. The number of nitrogens with zero attached hydrogens (tertiary/aromatic N) is 1. The topological polar surface area (TPSA) is 23.4 Å². The van der Waals surface area contributed by atoms with E-state index in [-0.39, 0.29) is 0 Å². The van der Waals surface area contributed by atoms with Crippen LogP contribution in [0.15, 0.2) is 133 Å². The van der Waals surface area contributed by atoms with Gasteiger partial charge in [-0.05, 0) is 128 Å². The van der Waals surface area contributed by atoms with E-state index >= 15 is 0 Å². The highest BCUT2D eigenvalue weighted by molar-refractivity contribution is 6.09. The summed E-state index contributed by atoms with van der Waals surface area (Å²) in [6.45, 7) is 18.7. The molecule has 0 fully saturated rings. The Morgan fingerprint density at radius 1 is 0.441 bits per heavy atom. The van der Waals surface area contributed by atoms with Crippen molar-refractivity contribution in [2.45, 2.75) is 106 Å². The lowest BCUT2D eigenvalue weighted by Crippen LogP contribution is -2.00. The van der Waals surface area contributed by atoms with Gasteiger partial charge in [-0.1, -0.05) is 162 Å². The highest BCUT2D eigenvalue weighted by Gasteiger charge is 2.12. The van der Waals surface area contributed by atoms with Gasteiger partial charge in [-0.3, -0.25) is 0 Å². The summed E-state index contributed by atoms with van der Waals surface area (Å²) in [5, 5.41) is 2.59. The van der Waals surface area contributed by atoms with E-state index in [0.717, 1.165) is 65.0 Å². The third-order valence-corrected chi connectivity index (χ3v) is 10.8. The number of para-hydroxylation sites is 2. The van der Waals surface area contributed by atoms with Crippen LogP contribution < -0.4 is 0 Å². The minimum Gasteiger partial charge on any atom is -0.381 e. The summed E-state index contributed by atoms with van der Waals surface area (Å²) in [4.78, 5) is 0. The Morgan fingerprint density at radius 2 is 0.847 bits per heavy atom. The average Bonchev–Trinajstić information content (AvgIpc) is 3.60. The SMILES string of the molecule is CCC.CCCCOCCCc1ccc(C)c(-c2cc(CCCOCCCC)ccc2C)c1.Cc1ccc(-c2ccc(-n3c4ccccc4c4ccccc43)cc2)cc1. The molecule has 0 N–H and O–H groups in total. The smallest absolute Gasteiger partial charge is 0.0541 e. The minimum atomic E-state index is 0.859. The van der Waals surface area contributed by atoms with Crippen LogP contribution in [0.2, 0.25) is 0 Å². The van der Waals surface area contributed by atoms with Crippen LogP contribution in [0, 0.1) is 20.8 Å². The first kappa shape index (κ1) is 45.1. The molecule has 1 aromatic heterocycles. The number of benzene rings is 6. The molecule has 6 aromatic carbocycles. The summed E-state index contributed by atoms with van der Waals surface area (Å²) in [7, 11) is 0. The first-order valence-electron chi connectivity index (χ1n) is 22.4. The third-order valence-electron chi connectivity index (χ3n) is 10.8. The van der Waals surface area contributed by atoms with E-state index in [1.807, 2.05) is 0 Å². The Balaban J connectivity index is 0.000000211. The highest BCUT2D eigenvalue weighted by atomic mass is 16.5. The first-order valence-corrected chi connectivity index (χ1v) is 22.4. The average molecular weight is 788 g/mol. The predicted octanol–water partition coefficient (Wildman–Crippen LogP) is 15.6. The summed E-state index contributed by atoms with van der Waals surface area (Å²) < 4.78 is 13.8. The largest absolute Gasteiger partial charge is 0.381 e. The van der Waals surface area contributed by atoms with Gasteiger partial charge in [0.05, 0.1) is 11.0 Å². The second-order valence-electron chi connectivity index (χ2n) is 15.9. The molecule has 1 heterocycles. The van der Waals surface area contributed by atoms with Gasteiger partial charge in [0.25, 0.3) is 0 Å². The fraction of sp³-hybridized carbons (Fsp3) is 0.357. The standard InChI is InChI=1S/C28H42O2.C25H19N.C3H8/c1-5-7-17-29-19-9-11-25-15-13-23(3)27(21-25)28-22-26(16-14-24(28)4)12-10-20-30-18-8-6-2;1-18-10-12-19(13-11-18)20-14-16-21(17-15-20)26-24-8-4-2-6-22(24)23-7-3-5-9-25(23)26;1-3-2/h13-16,21-22H,5-12,17-20H2,1-4H3;2-17H,1H3;3H2,1-2H3. The summed E-state index contributed by atoms with van der Waals surface area (Å²) in [6, 6.07) is 48.7. The van der Waals surface area contributed by atoms with Crippen LogP contribution in [0.5, 0.6) is 0 Å². The molecular weight excluding hydrogens is 719 g/mol. The molecule has 0 aliphatic carbocycles. The molecule has 0 unspecified atom stereocenters. The van der Waals surface area contributed by atoms with Gasteiger partial charge >= 0.3 is 0 Å². The van der Waals surface area contributed by atoms with Crippen molar-refractivity contribution in [1.82, 2.24) is 4.57 Å². The lowest BCUT2D eigenvalue weighted by molar-refractivity contribution is 0.129. The van der Waals surface area contributed by atoms with Gasteiger partial charge in [0.1, 0.15) is 0 Å². The van der Waals surface area contributed by atoms with Crippen LogP contribution in [0.3, 0.4) is 0 Å². The molecule has 310 valence electrons. The number of aryl methyl sites for hydroxylation is 5. The molecule has 0 bridgehead atoms. The number of hydrogen-bond donors (Lipinski definition) is 0. The summed E-state index contributed by atoms with van der Waals surface area (Å²) >= 11 is 0. The van der Waals surface area contributed by atoms with Crippen molar-refractivity contribution >= 4 is 21.8 Å². The molecule has 0 atom stereocenters. The molecule has 7 aromatic rings. The van der Waals surface area contributed by atoms with Gasteiger partial charge in [-0.15, -0.1) is 0 Å². The van der Waals surface area contributed by atoms with Gasteiger partial charge in [0.2, 0.25) is 0 Å². The Hall–Kier alpha value is -4.96. The molecule has 0 amide bonds. The van der Waals surface area contributed by atoms with Crippen molar-refractivity contribution in [3.63, 3.8) is 0 Å². The zero-order valence-corrected chi connectivity index (χ0v) is 37.2. The molecule has 0 aliphatic rings. The van der Waals surface area contributed by atoms with Crippen LogP contribution in [-0.2, 0) is 22.3 Å². The maximum Gasteiger partial charge on any atom is 0.0541 e. The summed E-state index contributed by atoms with van der Waals surface area (Å²) in [6.07, 6.45) is 10.3. The van der Waals surface area contributed by atoms with E-state index in [0.29, 0.717) is 0 Å². The van der Waals surface area contributed by atoms with Gasteiger partial charge < -0.3 is 14.0 Å². The van der Waals surface area contributed by atoms with Gasteiger partial charge in [0.15, 0.2) is 0 Å². The Kier molecular flexibility index (Phi) is 18.5. The van der Waals surface area contributed by atoms with Crippen LogP contribution >= 0.6 is 0 Å². The number of fused-ring (bicyclic) bond motifs is 3. The minimum absolute atomic E-state index is 0.859. The van der Waals surface area contributed by atoms with E-state index in [1.165, 1.54) is 96.8 Å². The fourth-order valence-corrected chi connectivity index (χ4v) is 7.43. The maximum atomic E-state index is 5.73. The van der Waals surface area contributed by atoms with Crippen LogP contribution in [-0.4, -0.2) is 31.0 Å². The van der Waals surface area contributed by atoms with E-state index in [4.69, 9.17) is 9.47 Å². The van der Waals surface area contributed by atoms with Crippen molar-refractivity contribution in [3.8, 4) is 27.9 Å². The lowest BCUT2D eigenvalue weighted by Gasteiger charge is -2.14. The van der Waals surface area contributed by atoms with E-state index < -0.39 is 0 Å². The first-order chi connectivity index (χ1) is 28.9. The van der Waals surface area contributed by atoms with Crippen molar-refractivity contribution in [2.75, 3.05) is 26.4 Å². The molecule has 3 heteroatoms. The molecule has 7 rings (SSSR count). The van der Waals surface area contributed by atoms with Crippen LogP contribution in [0.25, 0.3) is 49.7 Å². The second kappa shape index (κ2) is 24.2. The number of rotatable bonds is 17. The normalized spacial score (nSPS) is 11.0. The van der Waals surface area contributed by atoms with Gasteiger partial charge in [-0.2, -0.15) is 0 Å². The number of aromatic nitrogens is 1. The lowest BCUT2D eigenvalue weighted by atomic mass is 9.92. The van der Waals surface area contributed by atoms with E-state index in [2.05, 4.69) is 186 Å². The van der Waals surface area contributed by atoms with Crippen LogP contribution in [0.4, 0.5) is 0 Å². The van der Waals surface area contributed by atoms with E-state index in [1.54, 1.807) is 0 Å². The van der Waals surface area contributed by atoms with Crippen molar-refractivity contribution in [3.05, 3.63) is 161 Å². The number of ether oxygens (including phenoxy) is 2. The monoisotopic (exact) mass is 788 g/mol. The quantitative estimate of drug-likeness (QED) is 0.0858. The number of hydrogen-bond acceptors (Lipinski definition) is 2. The summed E-state index contributed by atoms with van der Waals surface area (Å²) in [5.74, 6) is 0. The Labute approximate surface area is 356 Å². The van der Waals surface area contributed by atoms with Gasteiger partial charge in [0, 0.05) is 42.9 Å². The Morgan fingerprint density at radius 3 is 1.29 bits per heavy atom.